The highest BCUT2D eigenvalue weighted by Crippen LogP contribution is 2.20. The van der Waals surface area contributed by atoms with Gasteiger partial charge in [0.25, 0.3) is 0 Å². The molecule has 1 amide bonds. The van der Waals surface area contributed by atoms with Gasteiger partial charge in [0.05, 0.1) is 18.5 Å². The molecule has 0 fully saturated rings. The first kappa shape index (κ1) is 15.2. The molecule has 0 atom stereocenters. The van der Waals surface area contributed by atoms with Crippen molar-refractivity contribution in [3.8, 4) is 0 Å². The number of aliphatic carboxylic acids is 1. The quantitative estimate of drug-likeness (QED) is 0.889. The standard InChI is InChI=1S/C15H16N2O3S/c1-9-5-3-4-6-11(9)17-13(18)8-14-16-10(2)12(21-14)7-15(19)20/h3-6H,7-8H2,1-2H3,(H,17,18)(H,19,20). The smallest absolute Gasteiger partial charge is 0.308 e. The van der Waals surface area contributed by atoms with Crippen LogP contribution in [0.5, 0.6) is 0 Å². The third-order valence-electron chi connectivity index (χ3n) is 2.98. The van der Waals surface area contributed by atoms with Gasteiger partial charge in [-0.3, -0.25) is 9.59 Å². The molecular formula is C15H16N2O3S. The van der Waals surface area contributed by atoms with Crippen LogP contribution in [-0.2, 0) is 22.4 Å². The number of aryl methyl sites for hydroxylation is 2. The second kappa shape index (κ2) is 6.49. The Bertz CT molecular complexity index is 679. The van der Waals surface area contributed by atoms with E-state index < -0.39 is 5.97 Å². The molecule has 1 aromatic heterocycles. The second-order valence-electron chi connectivity index (χ2n) is 4.73. The zero-order valence-electron chi connectivity index (χ0n) is 11.8. The minimum Gasteiger partial charge on any atom is -0.481 e. The van der Waals surface area contributed by atoms with E-state index in [1.165, 1.54) is 11.3 Å². The fraction of sp³-hybridized carbons (Fsp3) is 0.267. The van der Waals surface area contributed by atoms with Crippen molar-refractivity contribution in [1.29, 1.82) is 0 Å². The van der Waals surface area contributed by atoms with Crippen molar-refractivity contribution in [3.63, 3.8) is 0 Å². The zero-order valence-corrected chi connectivity index (χ0v) is 12.7. The molecule has 1 heterocycles. The molecule has 0 aliphatic heterocycles. The molecule has 0 radical (unpaired) electrons. The van der Waals surface area contributed by atoms with Crippen molar-refractivity contribution in [3.05, 3.63) is 45.4 Å². The van der Waals surface area contributed by atoms with Gasteiger partial charge in [-0.15, -0.1) is 11.3 Å². The summed E-state index contributed by atoms with van der Waals surface area (Å²) in [6.45, 7) is 3.69. The lowest BCUT2D eigenvalue weighted by Crippen LogP contribution is -2.14. The average molecular weight is 304 g/mol. The van der Waals surface area contributed by atoms with E-state index in [2.05, 4.69) is 10.3 Å². The van der Waals surface area contributed by atoms with Gasteiger partial charge < -0.3 is 10.4 Å². The Morgan fingerprint density at radius 1 is 1.24 bits per heavy atom. The number of anilines is 1. The van der Waals surface area contributed by atoms with Crippen molar-refractivity contribution in [2.24, 2.45) is 0 Å². The van der Waals surface area contributed by atoms with Crippen LogP contribution in [0.15, 0.2) is 24.3 Å². The number of hydrogen-bond donors (Lipinski definition) is 2. The van der Waals surface area contributed by atoms with E-state index in [0.717, 1.165) is 11.3 Å². The number of amides is 1. The highest BCUT2D eigenvalue weighted by atomic mass is 32.1. The monoisotopic (exact) mass is 304 g/mol. The Morgan fingerprint density at radius 2 is 1.95 bits per heavy atom. The van der Waals surface area contributed by atoms with Gasteiger partial charge in [0.1, 0.15) is 5.01 Å². The SMILES string of the molecule is Cc1ccccc1NC(=O)Cc1nc(C)c(CC(=O)O)s1. The van der Waals surface area contributed by atoms with Crippen molar-refractivity contribution < 1.29 is 14.7 Å². The third-order valence-corrected chi connectivity index (χ3v) is 4.14. The van der Waals surface area contributed by atoms with E-state index in [9.17, 15) is 9.59 Å². The minimum absolute atomic E-state index is 0.0527. The van der Waals surface area contributed by atoms with E-state index >= 15 is 0 Å². The van der Waals surface area contributed by atoms with Crippen LogP contribution in [0.3, 0.4) is 0 Å². The number of benzene rings is 1. The molecular weight excluding hydrogens is 288 g/mol. The van der Waals surface area contributed by atoms with E-state index in [4.69, 9.17) is 5.11 Å². The van der Waals surface area contributed by atoms with Crippen LogP contribution in [0.4, 0.5) is 5.69 Å². The van der Waals surface area contributed by atoms with Crippen LogP contribution in [0.1, 0.15) is 21.1 Å². The lowest BCUT2D eigenvalue weighted by molar-refractivity contribution is -0.136. The number of hydrogen-bond acceptors (Lipinski definition) is 4. The van der Waals surface area contributed by atoms with Gasteiger partial charge in [-0.25, -0.2) is 4.98 Å². The Labute approximate surface area is 126 Å². The van der Waals surface area contributed by atoms with Crippen molar-refractivity contribution in [2.75, 3.05) is 5.32 Å². The van der Waals surface area contributed by atoms with Crippen molar-refractivity contribution in [2.45, 2.75) is 26.7 Å². The van der Waals surface area contributed by atoms with Gasteiger partial charge in [0.15, 0.2) is 0 Å². The van der Waals surface area contributed by atoms with Crippen LogP contribution in [0.25, 0.3) is 0 Å². The summed E-state index contributed by atoms with van der Waals surface area (Å²) in [5.41, 5.74) is 2.45. The minimum atomic E-state index is -0.891. The van der Waals surface area contributed by atoms with Gasteiger partial charge in [-0.1, -0.05) is 18.2 Å². The number of nitrogens with zero attached hydrogens (tertiary/aromatic N) is 1. The number of carboxylic acids is 1. The molecule has 6 heteroatoms. The molecule has 1 aromatic carbocycles. The molecule has 0 spiro atoms. The Morgan fingerprint density at radius 3 is 2.62 bits per heavy atom. The van der Waals surface area contributed by atoms with Crippen LogP contribution in [0.2, 0.25) is 0 Å². The van der Waals surface area contributed by atoms with Crippen LogP contribution in [-0.4, -0.2) is 22.0 Å². The number of aromatic nitrogens is 1. The molecule has 0 saturated carbocycles. The fourth-order valence-electron chi connectivity index (χ4n) is 1.91. The largest absolute Gasteiger partial charge is 0.481 e. The predicted octanol–water partition coefficient (Wildman–Crippen LogP) is 2.57. The van der Waals surface area contributed by atoms with Crippen molar-refractivity contribution >= 4 is 28.9 Å². The number of rotatable bonds is 5. The van der Waals surface area contributed by atoms with Crippen LogP contribution >= 0.6 is 11.3 Å². The molecule has 0 bridgehead atoms. The summed E-state index contributed by atoms with van der Waals surface area (Å²) in [4.78, 5) is 27.7. The number of carbonyl (C=O) groups excluding carboxylic acids is 1. The summed E-state index contributed by atoms with van der Waals surface area (Å²) in [6, 6.07) is 7.54. The van der Waals surface area contributed by atoms with Gasteiger partial charge in [0.2, 0.25) is 5.91 Å². The van der Waals surface area contributed by atoms with E-state index in [1.54, 1.807) is 6.92 Å². The first-order valence-electron chi connectivity index (χ1n) is 6.48. The molecule has 0 aliphatic rings. The lowest BCUT2D eigenvalue weighted by Gasteiger charge is -2.06. The maximum Gasteiger partial charge on any atom is 0.308 e. The first-order chi connectivity index (χ1) is 9.95. The number of para-hydroxylation sites is 1. The summed E-state index contributed by atoms with van der Waals surface area (Å²) >= 11 is 1.28. The molecule has 5 nitrogen and oxygen atoms in total. The fourth-order valence-corrected chi connectivity index (χ4v) is 2.97. The Balaban J connectivity index is 2.03. The number of carbonyl (C=O) groups is 2. The molecule has 0 unspecified atom stereocenters. The van der Waals surface area contributed by atoms with E-state index in [0.29, 0.717) is 15.6 Å². The summed E-state index contributed by atoms with van der Waals surface area (Å²) in [6.07, 6.45) is 0.0996. The lowest BCUT2D eigenvalue weighted by atomic mass is 10.2. The molecule has 0 aliphatic carbocycles. The Hall–Kier alpha value is -2.21. The molecule has 2 aromatic rings. The summed E-state index contributed by atoms with van der Waals surface area (Å²) in [5.74, 6) is -1.04. The topological polar surface area (TPSA) is 79.3 Å². The Kier molecular flexibility index (Phi) is 4.70. The predicted molar refractivity (Wildman–Crippen MR) is 81.7 cm³/mol. The van der Waals surface area contributed by atoms with E-state index in [-0.39, 0.29) is 18.7 Å². The van der Waals surface area contributed by atoms with Crippen LogP contribution < -0.4 is 5.32 Å². The molecule has 21 heavy (non-hydrogen) atoms. The molecule has 2 rings (SSSR count). The van der Waals surface area contributed by atoms with Crippen molar-refractivity contribution in [1.82, 2.24) is 4.98 Å². The number of nitrogens with one attached hydrogen (secondary N) is 1. The average Bonchev–Trinajstić information content (AvgIpc) is 2.71. The zero-order chi connectivity index (χ0) is 15.4. The molecule has 110 valence electrons. The number of thiazole rings is 1. The van der Waals surface area contributed by atoms with Gasteiger partial charge in [-0.05, 0) is 25.5 Å². The summed E-state index contributed by atoms with van der Waals surface area (Å²) in [7, 11) is 0. The third kappa shape index (κ3) is 4.13. The van der Waals surface area contributed by atoms with E-state index in [1.807, 2.05) is 31.2 Å². The first-order valence-corrected chi connectivity index (χ1v) is 7.30. The normalized spacial score (nSPS) is 10.4. The van der Waals surface area contributed by atoms with Crippen LogP contribution in [0, 0.1) is 13.8 Å². The number of carboxylic acid groups (broad SMARTS) is 1. The molecule has 2 N–H and O–H groups in total. The summed E-state index contributed by atoms with van der Waals surface area (Å²) in [5, 5.41) is 12.3. The maximum absolute atomic E-state index is 12.0. The summed E-state index contributed by atoms with van der Waals surface area (Å²) < 4.78 is 0. The van der Waals surface area contributed by atoms with Gasteiger partial charge in [-0.2, -0.15) is 0 Å². The second-order valence-corrected chi connectivity index (χ2v) is 5.89. The molecule has 0 saturated heterocycles. The van der Waals surface area contributed by atoms with Gasteiger partial charge in [0, 0.05) is 10.6 Å². The highest BCUT2D eigenvalue weighted by Gasteiger charge is 2.14. The highest BCUT2D eigenvalue weighted by molar-refractivity contribution is 7.12. The van der Waals surface area contributed by atoms with Gasteiger partial charge >= 0.3 is 5.97 Å². The maximum atomic E-state index is 12.0.